The molecule has 4 rings (SSSR count). The molecule has 0 aliphatic carbocycles. The summed E-state index contributed by atoms with van der Waals surface area (Å²) in [5.41, 5.74) is 4.42. The largest absolute Gasteiger partial charge is 0.375 e. The number of amides is 1. The smallest absolute Gasteiger partial charge is 0.221 e. The van der Waals surface area contributed by atoms with Crippen LogP contribution in [-0.2, 0) is 15.1 Å². The molecular formula is C21H21N3O2. The van der Waals surface area contributed by atoms with Gasteiger partial charge in [-0.15, -0.1) is 0 Å². The highest BCUT2D eigenvalue weighted by atomic mass is 16.5. The highest BCUT2D eigenvalue weighted by molar-refractivity contribution is 5.89. The number of benzene rings is 2. The maximum atomic E-state index is 11.4. The number of hydrogen-bond donors (Lipinski definition) is 2. The average molecular weight is 347 g/mol. The highest BCUT2D eigenvalue weighted by Crippen LogP contribution is 2.53. The minimum absolute atomic E-state index is 0.0133. The molecule has 3 atom stereocenters. The van der Waals surface area contributed by atoms with E-state index in [1.54, 1.807) is 0 Å². The number of carbonyl (C=O) groups excluding carboxylic acids is 1. The second kappa shape index (κ2) is 6.15. The molecule has 0 unspecified atom stereocenters. The van der Waals surface area contributed by atoms with Crippen molar-refractivity contribution in [3.8, 4) is 6.07 Å². The summed E-state index contributed by atoms with van der Waals surface area (Å²) < 4.78 is 6.10. The van der Waals surface area contributed by atoms with E-state index in [2.05, 4.69) is 23.6 Å². The topological polar surface area (TPSA) is 74.1 Å². The zero-order valence-electron chi connectivity index (χ0n) is 14.9. The molecule has 1 amide bonds. The van der Waals surface area contributed by atoms with Crippen molar-refractivity contribution in [1.82, 2.24) is 0 Å². The molecule has 5 nitrogen and oxygen atoms in total. The predicted octanol–water partition coefficient (Wildman–Crippen LogP) is 3.94. The fourth-order valence-corrected chi connectivity index (χ4v) is 4.23. The second-order valence-electron chi connectivity index (χ2n) is 7.19. The van der Waals surface area contributed by atoms with E-state index in [1.165, 1.54) is 6.92 Å². The van der Waals surface area contributed by atoms with Gasteiger partial charge in [-0.05, 0) is 49.2 Å². The molecule has 2 aromatic rings. The molecule has 2 aromatic carbocycles. The van der Waals surface area contributed by atoms with Crippen LogP contribution in [0.25, 0.3) is 0 Å². The van der Waals surface area contributed by atoms with Crippen molar-refractivity contribution in [2.45, 2.75) is 31.9 Å². The molecule has 0 spiro atoms. The first-order chi connectivity index (χ1) is 12.5. The third kappa shape index (κ3) is 2.63. The van der Waals surface area contributed by atoms with Crippen molar-refractivity contribution in [3.05, 3.63) is 59.2 Å². The summed E-state index contributed by atoms with van der Waals surface area (Å²) in [5, 5.41) is 15.6. The van der Waals surface area contributed by atoms with Gasteiger partial charge in [-0.1, -0.05) is 12.1 Å². The lowest BCUT2D eigenvalue weighted by atomic mass is 9.71. The van der Waals surface area contributed by atoms with Gasteiger partial charge in [0, 0.05) is 36.4 Å². The Labute approximate surface area is 153 Å². The van der Waals surface area contributed by atoms with Crippen LogP contribution in [0.4, 0.5) is 11.4 Å². The second-order valence-corrected chi connectivity index (χ2v) is 7.19. The number of carbonyl (C=O) groups is 1. The van der Waals surface area contributed by atoms with Crippen LogP contribution in [0.3, 0.4) is 0 Å². The molecule has 1 fully saturated rings. The highest BCUT2D eigenvalue weighted by Gasteiger charge is 2.48. The van der Waals surface area contributed by atoms with E-state index in [1.807, 2.05) is 42.5 Å². The maximum absolute atomic E-state index is 11.4. The molecular weight excluding hydrogens is 326 g/mol. The third-order valence-corrected chi connectivity index (χ3v) is 5.52. The fraction of sp³-hybridized carbons (Fsp3) is 0.333. The monoisotopic (exact) mass is 347 g/mol. The van der Waals surface area contributed by atoms with Crippen LogP contribution in [0, 0.1) is 17.2 Å². The summed E-state index contributed by atoms with van der Waals surface area (Å²) in [6.07, 6.45) is 0.943. The average Bonchev–Trinajstić information content (AvgIpc) is 3.13. The van der Waals surface area contributed by atoms with Gasteiger partial charge in [0.15, 0.2) is 0 Å². The summed E-state index contributed by atoms with van der Waals surface area (Å²) in [7, 11) is 0. The quantitative estimate of drug-likeness (QED) is 0.863. The molecule has 2 N–H and O–H groups in total. The number of anilines is 2. The first kappa shape index (κ1) is 16.6. The molecule has 5 heteroatoms. The molecule has 2 heterocycles. The summed E-state index contributed by atoms with van der Waals surface area (Å²) >= 11 is 0. The Hall–Kier alpha value is -2.84. The van der Waals surface area contributed by atoms with Crippen LogP contribution >= 0.6 is 0 Å². The molecule has 26 heavy (non-hydrogen) atoms. The van der Waals surface area contributed by atoms with Gasteiger partial charge >= 0.3 is 0 Å². The number of ether oxygens (including phenoxy) is 1. The molecule has 2 aliphatic rings. The van der Waals surface area contributed by atoms with E-state index < -0.39 is 0 Å². The van der Waals surface area contributed by atoms with E-state index in [9.17, 15) is 4.79 Å². The van der Waals surface area contributed by atoms with Gasteiger partial charge in [0.05, 0.1) is 23.3 Å². The molecule has 0 bridgehead atoms. The van der Waals surface area contributed by atoms with Gasteiger partial charge < -0.3 is 15.4 Å². The van der Waals surface area contributed by atoms with E-state index >= 15 is 0 Å². The van der Waals surface area contributed by atoms with Gasteiger partial charge in [0.1, 0.15) is 0 Å². The Balaban J connectivity index is 1.76. The molecule has 132 valence electrons. The first-order valence-electron chi connectivity index (χ1n) is 8.83. The minimum atomic E-state index is -0.280. The predicted molar refractivity (Wildman–Crippen MR) is 99.7 cm³/mol. The van der Waals surface area contributed by atoms with E-state index in [0.29, 0.717) is 12.2 Å². The van der Waals surface area contributed by atoms with Gasteiger partial charge in [0.2, 0.25) is 5.91 Å². The lowest BCUT2D eigenvalue weighted by Gasteiger charge is -2.45. The van der Waals surface area contributed by atoms with Crippen LogP contribution in [0.2, 0.25) is 0 Å². The molecule has 1 saturated heterocycles. The Morgan fingerprint density at radius 1 is 1.31 bits per heavy atom. The van der Waals surface area contributed by atoms with Crippen molar-refractivity contribution in [1.29, 1.82) is 5.26 Å². The van der Waals surface area contributed by atoms with Crippen molar-refractivity contribution >= 4 is 17.3 Å². The Bertz CT molecular complexity index is 900. The molecule has 0 aromatic heterocycles. The zero-order valence-corrected chi connectivity index (χ0v) is 14.9. The minimum Gasteiger partial charge on any atom is -0.375 e. The van der Waals surface area contributed by atoms with Crippen LogP contribution in [-0.4, -0.2) is 12.5 Å². The number of nitrogens with zero attached hydrogens (tertiary/aromatic N) is 1. The Kier molecular flexibility index (Phi) is 3.93. The normalized spacial score (nSPS) is 26.2. The lowest BCUT2D eigenvalue weighted by Crippen LogP contribution is -2.44. The van der Waals surface area contributed by atoms with Crippen molar-refractivity contribution in [2.75, 3.05) is 17.2 Å². The fourth-order valence-electron chi connectivity index (χ4n) is 4.23. The van der Waals surface area contributed by atoms with Crippen molar-refractivity contribution in [2.24, 2.45) is 5.92 Å². The summed E-state index contributed by atoms with van der Waals surface area (Å²) in [6.45, 7) is 4.42. The van der Waals surface area contributed by atoms with Crippen LogP contribution in [0.15, 0.2) is 42.5 Å². The first-order valence-corrected chi connectivity index (χ1v) is 8.83. The van der Waals surface area contributed by atoms with Crippen LogP contribution < -0.4 is 10.6 Å². The number of nitriles is 1. The zero-order chi connectivity index (χ0) is 18.3. The molecule has 2 aliphatic heterocycles. The van der Waals surface area contributed by atoms with Gasteiger partial charge in [0.25, 0.3) is 0 Å². The van der Waals surface area contributed by atoms with Gasteiger partial charge in [-0.25, -0.2) is 0 Å². The summed E-state index contributed by atoms with van der Waals surface area (Å²) in [4.78, 5) is 11.4. The summed E-state index contributed by atoms with van der Waals surface area (Å²) in [6, 6.07) is 15.9. The molecule has 0 radical (unpaired) electrons. The van der Waals surface area contributed by atoms with E-state index in [4.69, 9.17) is 10.00 Å². The van der Waals surface area contributed by atoms with Crippen molar-refractivity contribution < 1.29 is 9.53 Å². The number of fused-ring (bicyclic) bond motifs is 3. The van der Waals surface area contributed by atoms with Crippen molar-refractivity contribution in [3.63, 3.8) is 0 Å². The number of rotatable bonds is 2. The van der Waals surface area contributed by atoms with Gasteiger partial charge in [-0.3, -0.25) is 4.79 Å². The summed E-state index contributed by atoms with van der Waals surface area (Å²) in [5.74, 6) is 0.190. The van der Waals surface area contributed by atoms with E-state index in [-0.39, 0.29) is 23.5 Å². The maximum Gasteiger partial charge on any atom is 0.221 e. The number of hydrogen-bond acceptors (Lipinski definition) is 4. The Morgan fingerprint density at radius 2 is 2.08 bits per heavy atom. The lowest BCUT2D eigenvalue weighted by molar-refractivity contribution is -0.114. The third-order valence-electron chi connectivity index (χ3n) is 5.52. The number of nitrogens with one attached hydrogen (secondary N) is 2. The standard InChI is InChI=1S/C21H21N3O2/c1-13(25)23-16-7-8-19-17(11-16)20-18(9-10-26-20)21(2,24-19)15-5-3-14(12-22)4-6-15/h3-8,11,18,20,24H,9-10H2,1-2H3,(H,23,25)/t18-,20-,21-/m0/s1. The molecule has 0 saturated carbocycles. The Morgan fingerprint density at radius 3 is 2.77 bits per heavy atom. The van der Waals surface area contributed by atoms with Gasteiger partial charge in [-0.2, -0.15) is 5.26 Å². The SMILES string of the molecule is CC(=O)Nc1ccc2c(c1)[C@@H]1OCC[C@@H]1[C@](C)(c1ccc(C#N)cc1)N2. The van der Waals surface area contributed by atoms with E-state index in [0.717, 1.165) is 28.9 Å². The van der Waals surface area contributed by atoms with Crippen LogP contribution in [0.1, 0.15) is 43.1 Å². The van der Waals surface area contributed by atoms with Crippen LogP contribution in [0.5, 0.6) is 0 Å².